The number of nitrogens with one attached hydrogen (secondary N) is 4. The number of hydrogen-bond donors (Lipinski definition) is 4. The van der Waals surface area contributed by atoms with Gasteiger partial charge in [-0.3, -0.25) is 10.1 Å². The molecule has 8 heteroatoms. The second-order valence-electron chi connectivity index (χ2n) is 6.91. The zero-order valence-electron chi connectivity index (χ0n) is 14.9. The van der Waals surface area contributed by atoms with E-state index in [1.807, 2.05) is 37.5 Å². The predicted molar refractivity (Wildman–Crippen MR) is 104 cm³/mol. The van der Waals surface area contributed by atoms with Gasteiger partial charge in [-0.1, -0.05) is 0 Å². The molecule has 1 fully saturated rings. The second-order valence-corrected chi connectivity index (χ2v) is 6.91. The molecule has 0 saturated heterocycles. The Labute approximate surface area is 155 Å². The highest BCUT2D eigenvalue weighted by Gasteiger charge is 2.25. The van der Waals surface area contributed by atoms with Crippen LogP contribution in [0.2, 0.25) is 0 Å². The normalized spacial score (nSPS) is 15.0. The average molecular weight is 360 g/mol. The van der Waals surface area contributed by atoms with Crippen molar-refractivity contribution in [2.75, 3.05) is 10.6 Å². The summed E-state index contributed by atoms with van der Waals surface area (Å²) in [6.07, 6.45) is 7.96. The molecule has 0 aromatic carbocycles. The third-order valence-electron chi connectivity index (χ3n) is 4.77. The van der Waals surface area contributed by atoms with Crippen molar-refractivity contribution in [3.05, 3.63) is 54.2 Å². The van der Waals surface area contributed by atoms with Crippen LogP contribution in [0.1, 0.15) is 43.1 Å². The Bertz CT molecular complexity index is 1080. The van der Waals surface area contributed by atoms with Crippen LogP contribution in [0, 0.1) is 0 Å². The first-order valence-electron chi connectivity index (χ1n) is 9.09. The fourth-order valence-corrected chi connectivity index (χ4v) is 3.11. The number of hydrogen-bond acceptors (Lipinski definition) is 6. The summed E-state index contributed by atoms with van der Waals surface area (Å²) < 4.78 is 0. The van der Waals surface area contributed by atoms with Crippen molar-refractivity contribution in [3.8, 4) is 0 Å². The number of H-pyrrole nitrogens is 2. The number of aromatic amines is 2. The molecule has 1 aliphatic carbocycles. The second kappa shape index (κ2) is 6.39. The Morgan fingerprint density at radius 2 is 2.07 bits per heavy atom. The molecule has 4 aromatic rings. The van der Waals surface area contributed by atoms with Gasteiger partial charge in [0.2, 0.25) is 5.95 Å². The summed E-state index contributed by atoms with van der Waals surface area (Å²) in [6.45, 7) is 2.04. The number of anilines is 3. The van der Waals surface area contributed by atoms with Gasteiger partial charge in [0.1, 0.15) is 5.82 Å². The molecule has 0 spiro atoms. The summed E-state index contributed by atoms with van der Waals surface area (Å²) in [4.78, 5) is 16.5. The van der Waals surface area contributed by atoms with Crippen LogP contribution in [-0.2, 0) is 0 Å². The van der Waals surface area contributed by atoms with Crippen LogP contribution >= 0.6 is 0 Å². The third-order valence-corrected chi connectivity index (χ3v) is 4.77. The minimum Gasteiger partial charge on any atom is -0.360 e. The lowest BCUT2D eigenvalue weighted by molar-refractivity contribution is 0.825. The van der Waals surface area contributed by atoms with E-state index in [9.17, 15) is 0 Å². The van der Waals surface area contributed by atoms with E-state index in [1.165, 1.54) is 18.5 Å². The van der Waals surface area contributed by atoms with Crippen LogP contribution in [0.5, 0.6) is 0 Å². The highest BCUT2D eigenvalue weighted by Crippen LogP contribution is 2.39. The van der Waals surface area contributed by atoms with E-state index < -0.39 is 0 Å². The van der Waals surface area contributed by atoms with Crippen LogP contribution in [-0.4, -0.2) is 30.1 Å². The van der Waals surface area contributed by atoms with Crippen LogP contribution in [0.25, 0.3) is 10.9 Å². The SMILES string of the molecule is C[C@@H](Nc1nccc(Nc2cc(C3CC3)[nH]n2)n1)c1cc2cc[nH]c2cn1. The zero-order valence-corrected chi connectivity index (χ0v) is 14.9. The molecule has 27 heavy (non-hydrogen) atoms. The minimum absolute atomic E-state index is 0.0218. The van der Waals surface area contributed by atoms with E-state index in [2.05, 4.69) is 46.8 Å². The summed E-state index contributed by atoms with van der Waals surface area (Å²) in [5, 5.41) is 15.1. The molecule has 1 saturated carbocycles. The molecular formula is C19H20N8. The van der Waals surface area contributed by atoms with Gasteiger partial charge in [0, 0.05) is 35.5 Å². The van der Waals surface area contributed by atoms with E-state index in [0.717, 1.165) is 22.4 Å². The first-order valence-corrected chi connectivity index (χ1v) is 9.09. The molecule has 136 valence electrons. The molecule has 8 nitrogen and oxygen atoms in total. The Morgan fingerprint density at radius 3 is 2.96 bits per heavy atom. The van der Waals surface area contributed by atoms with Crippen LogP contribution < -0.4 is 10.6 Å². The van der Waals surface area contributed by atoms with E-state index in [1.54, 1.807) is 6.20 Å². The molecule has 4 aromatic heterocycles. The average Bonchev–Trinajstić information content (AvgIpc) is 3.23. The highest BCUT2D eigenvalue weighted by molar-refractivity contribution is 5.78. The van der Waals surface area contributed by atoms with Crippen LogP contribution in [0.3, 0.4) is 0 Å². The van der Waals surface area contributed by atoms with Crippen molar-refractivity contribution in [1.82, 2.24) is 30.1 Å². The molecule has 4 heterocycles. The smallest absolute Gasteiger partial charge is 0.225 e. The van der Waals surface area contributed by atoms with Crippen molar-refractivity contribution >= 4 is 28.5 Å². The van der Waals surface area contributed by atoms with E-state index in [-0.39, 0.29) is 6.04 Å². The summed E-state index contributed by atoms with van der Waals surface area (Å²) in [6, 6.07) is 7.95. The maximum Gasteiger partial charge on any atom is 0.225 e. The maximum atomic E-state index is 4.53. The summed E-state index contributed by atoms with van der Waals surface area (Å²) in [5.74, 6) is 2.65. The van der Waals surface area contributed by atoms with Crippen molar-refractivity contribution < 1.29 is 0 Å². The summed E-state index contributed by atoms with van der Waals surface area (Å²) in [7, 11) is 0. The first kappa shape index (κ1) is 15.8. The Balaban J connectivity index is 1.30. The standard InChI is InChI=1S/C19H20N8/c1-11(14-8-13-4-6-20-16(13)10-22-14)23-19-21-7-5-17(25-19)24-18-9-15(26-27-18)12-2-3-12/h4-12,20H,2-3H2,1H3,(H3,21,23,24,25,26,27)/t11-/m1/s1. The third kappa shape index (κ3) is 3.33. The van der Waals surface area contributed by atoms with E-state index in [4.69, 9.17) is 0 Å². The molecule has 0 amide bonds. The lowest BCUT2D eigenvalue weighted by Crippen LogP contribution is -2.11. The van der Waals surface area contributed by atoms with Gasteiger partial charge in [0.25, 0.3) is 0 Å². The van der Waals surface area contributed by atoms with Crippen molar-refractivity contribution in [2.24, 2.45) is 0 Å². The topological polar surface area (TPSA) is 107 Å². The van der Waals surface area contributed by atoms with E-state index >= 15 is 0 Å². The molecule has 0 radical (unpaired) electrons. The number of fused-ring (bicyclic) bond motifs is 1. The van der Waals surface area contributed by atoms with Crippen molar-refractivity contribution in [2.45, 2.75) is 31.7 Å². The molecule has 4 N–H and O–H groups in total. The molecule has 0 bridgehead atoms. The predicted octanol–water partition coefficient (Wildman–Crippen LogP) is 3.87. The van der Waals surface area contributed by atoms with Gasteiger partial charge in [0.05, 0.1) is 23.4 Å². The van der Waals surface area contributed by atoms with Gasteiger partial charge < -0.3 is 15.6 Å². The molecule has 0 aliphatic heterocycles. The van der Waals surface area contributed by atoms with Gasteiger partial charge in [-0.15, -0.1) is 0 Å². The first-order chi connectivity index (χ1) is 13.2. The van der Waals surface area contributed by atoms with Crippen molar-refractivity contribution in [1.29, 1.82) is 0 Å². The van der Waals surface area contributed by atoms with Gasteiger partial charge in [-0.25, -0.2) is 4.98 Å². The minimum atomic E-state index is -0.0218. The zero-order chi connectivity index (χ0) is 18.2. The fourth-order valence-electron chi connectivity index (χ4n) is 3.11. The Kier molecular flexibility index (Phi) is 3.74. The van der Waals surface area contributed by atoms with Crippen molar-refractivity contribution in [3.63, 3.8) is 0 Å². The Morgan fingerprint density at radius 1 is 1.15 bits per heavy atom. The lowest BCUT2D eigenvalue weighted by Gasteiger charge is -2.14. The van der Waals surface area contributed by atoms with Gasteiger partial charge >= 0.3 is 0 Å². The highest BCUT2D eigenvalue weighted by atomic mass is 15.2. The molecule has 5 rings (SSSR count). The number of aromatic nitrogens is 6. The monoisotopic (exact) mass is 360 g/mol. The molecule has 1 atom stereocenters. The lowest BCUT2D eigenvalue weighted by atomic mass is 10.2. The maximum absolute atomic E-state index is 4.53. The molecule has 0 unspecified atom stereocenters. The summed E-state index contributed by atoms with van der Waals surface area (Å²) in [5.41, 5.74) is 3.15. The molecular weight excluding hydrogens is 340 g/mol. The molecule has 1 aliphatic rings. The number of pyridine rings is 1. The largest absolute Gasteiger partial charge is 0.360 e. The fraction of sp³-hybridized carbons (Fsp3) is 0.263. The van der Waals surface area contributed by atoms with E-state index in [0.29, 0.717) is 17.7 Å². The quantitative estimate of drug-likeness (QED) is 0.416. The Hall–Kier alpha value is -3.42. The van der Waals surface area contributed by atoms with Gasteiger partial charge in [-0.05, 0) is 38.0 Å². The van der Waals surface area contributed by atoms with Gasteiger partial charge in [-0.2, -0.15) is 10.1 Å². The summed E-state index contributed by atoms with van der Waals surface area (Å²) >= 11 is 0. The van der Waals surface area contributed by atoms with Crippen LogP contribution in [0.4, 0.5) is 17.6 Å². The number of nitrogens with zero attached hydrogens (tertiary/aromatic N) is 4. The number of rotatable bonds is 6. The van der Waals surface area contributed by atoms with Gasteiger partial charge in [0.15, 0.2) is 5.82 Å². The van der Waals surface area contributed by atoms with Crippen LogP contribution in [0.15, 0.2) is 42.9 Å².